The van der Waals surface area contributed by atoms with E-state index in [2.05, 4.69) is 15.3 Å². The lowest BCUT2D eigenvalue weighted by atomic mass is 10.1. The zero-order chi connectivity index (χ0) is 15.4. The molecule has 112 valence electrons. The minimum absolute atomic E-state index is 0.0659. The molecule has 21 heavy (non-hydrogen) atoms. The van der Waals surface area contributed by atoms with Crippen LogP contribution in [0.15, 0.2) is 24.3 Å². The van der Waals surface area contributed by atoms with E-state index in [0.29, 0.717) is 29.7 Å². The van der Waals surface area contributed by atoms with Crippen LogP contribution >= 0.6 is 0 Å². The Kier molecular flexibility index (Phi) is 4.73. The summed E-state index contributed by atoms with van der Waals surface area (Å²) < 4.78 is 19.0. The molecule has 1 aromatic carbocycles. The third-order valence-electron chi connectivity index (χ3n) is 3.17. The molecule has 2 rings (SSSR count). The maximum atomic E-state index is 13.6. The van der Waals surface area contributed by atoms with Gasteiger partial charge in [-0.05, 0) is 44.9 Å². The third kappa shape index (κ3) is 3.90. The molecular weight excluding hydrogens is 269 g/mol. The van der Waals surface area contributed by atoms with E-state index in [4.69, 9.17) is 4.74 Å². The van der Waals surface area contributed by atoms with Gasteiger partial charge in [-0.1, -0.05) is 12.1 Å². The Hall–Kier alpha value is -2.17. The van der Waals surface area contributed by atoms with Gasteiger partial charge in [0.15, 0.2) is 0 Å². The molecular formula is C16H20FN3O. The van der Waals surface area contributed by atoms with E-state index in [-0.39, 0.29) is 11.9 Å². The summed E-state index contributed by atoms with van der Waals surface area (Å²) in [6, 6.07) is 6.92. The van der Waals surface area contributed by atoms with E-state index < -0.39 is 0 Å². The maximum absolute atomic E-state index is 13.6. The molecule has 0 bridgehead atoms. The van der Waals surface area contributed by atoms with E-state index in [1.165, 1.54) is 0 Å². The minimum atomic E-state index is -0.199. The van der Waals surface area contributed by atoms with E-state index in [1.807, 2.05) is 26.8 Å². The van der Waals surface area contributed by atoms with Crippen molar-refractivity contribution < 1.29 is 9.13 Å². The number of ether oxygens (including phenoxy) is 1. The summed E-state index contributed by atoms with van der Waals surface area (Å²) in [5.74, 6) is 1.63. The zero-order valence-electron chi connectivity index (χ0n) is 12.8. The monoisotopic (exact) mass is 289 g/mol. The Morgan fingerprint density at radius 1 is 1.24 bits per heavy atom. The molecule has 0 aliphatic carbocycles. The molecule has 0 fully saturated rings. The molecule has 0 saturated carbocycles. The molecule has 4 nitrogen and oxygen atoms in total. The molecule has 0 spiro atoms. The van der Waals surface area contributed by atoms with Crippen molar-refractivity contribution in [2.45, 2.75) is 33.7 Å². The van der Waals surface area contributed by atoms with Gasteiger partial charge in [0, 0.05) is 6.07 Å². The van der Waals surface area contributed by atoms with Crippen LogP contribution in [0.5, 0.6) is 5.88 Å². The second-order valence-electron chi connectivity index (χ2n) is 4.95. The van der Waals surface area contributed by atoms with Crippen LogP contribution in [0, 0.1) is 19.7 Å². The first-order valence-electron chi connectivity index (χ1n) is 7.00. The molecule has 1 unspecified atom stereocenters. The molecule has 2 aromatic rings. The average Bonchev–Trinajstić information content (AvgIpc) is 2.41. The molecule has 0 amide bonds. The fourth-order valence-corrected chi connectivity index (χ4v) is 2.02. The average molecular weight is 289 g/mol. The Bertz CT molecular complexity index is 631. The van der Waals surface area contributed by atoms with Crippen molar-refractivity contribution in [3.63, 3.8) is 0 Å². The number of nitrogens with one attached hydrogen (secondary N) is 1. The highest BCUT2D eigenvalue weighted by atomic mass is 19.1. The summed E-state index contributed by atoms with van der Waals surface area (Å²) >= 11 is 0. The molecule has 1 atom stereocenters. The molecule has 5 heteroatoms. The minimum Gasteiger partial charge on any atom is -0.478 e. The maximum Gasteiger partial charge on any atom is 0.218 e. The van der Waals surface area contributed by atoms with Crippen LogP contribution in [0.3, 0.4) is 0 Å². The van der Waals surface area contributed by atoms with Gasteiger partial charge in [-0.15, -0.1) is 0 Å². The van der Waals surface area contributed by atoms with Crippen LogP contribution in [0.2, 0.25) is 0 Å². The van der Waals surface area contributed by atoms with Crippen LogP contribution in [-0.4, -0.2) is 16.6 Å². The SMILES string of the molecule is CCOc1cc(NC(C)c2ccc(C)c(F)c2)nc(C)n1. The topological polar surface area (TPSA) is 47.0 Å². The van der Waals surface area contributed by atoms with E-state index in [1.54, 1.807) is 25.1 Å². The first-order valence-corrected chi connectivity index (χ1v) is 7.00. The fourth-order valence-electron chi connectivity index (χ4n) is 2.02. The first-order chi connectivity index (χ1) is 9.99. The van der Waals surface area contributed by atoms with Crippen LogP contribution < -0.4 is 10.1 Å². The van der Waals surface area contributed by atoms with Gasteiger partial charge in [-0.3, -0.25) is 0 Å². The van der Waals surface area contributed by atoms with Crippen molar-refractivity contribution in [2.75, 3.05) is 11.9 Å². The van der Waals surface area contributed by atoms with Crippen molar-refractivity contribution in [3.8, 4) is 5.88 Å². The number of nitrogens with zero attached hydrogens (tertiary/aromatic N) is 2. The summed E-state index contributed by atoms with van der Waals surface area (Å²) in [5, 5.41) is 3.25. The number of benzene rings is 1. The second-order valence-corrected chi connectivity index (χ2v) is 4.95. The number of rotatable bonds is 5. The molecule has 1 N–H and O–H groups in total. The number of anilines is 1. The number of aromatic nitrogens is 2. The summed E-state index contributed by atoms with van der Waals surface area (Å²) in [6.45, 7) is 7.97. The molecule has 1 aromatic heterocycles. The van der Waals surface area contributed by atoms with Gasteiger partial charge in [0.1, 0.15) is 17.5 Å². The standard InChI is InChI=1S/C16H20FN3O/c1-5-21-16-9-15(19-12(4)20-16)18-11(3)13-7-6-10(2)14(17)8-13/h6-9,11H,5H2,1-4H3,(H,18,19,20). The molecule has 0 radical (unpaired) electrons. The number of hydrogen-bond donors (Lipinski definition) is 1. The van der Waals surface area contributed by atoms with E-state index in [9.17, 15) is 4.39 Å². The summed E-state index contributed by atoms with van der Waals surface area (Å²) in [4.78, 5) is 8.52. The molecule has 1 heterocycles. The van der Waals surface area contributed by atoms with Gasteiger partial charge >= 0.3 is 0 Å². The van der Waals surface area contributed by atoms with Crippen molar-refractivity contribution in [3.05, 3.63) is 47.0 Å². The summed E-state index contributed by atoms with van der Waals surface area (Å²) in [7, 11) is 0. The first kappa shape index (κ1) is 15.2. The largest absolute Gasteiger partial charge is 0.478 e. The third-order valence-corrected chi connectivity index (χ3v) is 3.17. The Labute approximate surface area is 124 Å². The van der Waals surface area contributed by atoms with Gasteiger partial charge in [0.2, 0.25) is 5.88 Å². The Balaban J connectivity index is 2.18. The predicted molar refractivity (Wildman–Crippen MR) is 81.1 cm³/mol. The van der Waals surface area contributed by atoms with Crippen LogP contribution in [0.4, 0.5) is 10.2 Å². The van der Waals surface area contributed by atoms with Gasteiger partial charge in [0.05, 0.1) is 12.6 Å². The lowest BCUT2D eigenvalue weighted by Crippen LogP contribution is -2.10. The molecule has 0 aliphatic heterocycles. The normalized spacial score (nSPS) is 12.0. The number of halogens is 1. The fraction of sp³-hybridized carbons (Fsp3) is 0.375. The Morgan fingerprint density at radius 3 is 2.67 bits per heavy atom. The molecule has 0 aliphatic rings. The zero-order valence-corrected chi connectivity index (χ0v) is 12.8. The lowest BCUT2D eigenvalue weighted by Gasteiger charge is -2.16. The number of hydrogen-bond acceptors (Lipinski definition) is 4. The van der Waals surface area contributed by atoms with Crippen molar-refractivity contribution in [2.24, 2.45) is 0 Å². The van der Waals surface area contributed by atoms with Crippen LogP contribution in [-0.2, 0) is 0 Å². The van der Waals surface area contributed by atoms with E-state index in [0.717, 1.165) is 5.56 Å². The van der Waals surface area contributed by atoms with Crippen LogP contribution in [0.25, 0.3) is 0 Å². The second kappa shape index (κ2) is 6.52. The highest BCUT2D eigenvalue weighted by Crippen LogP contribution is 2.22. The highest BCUT2D eigenvalue weighted by Gasteiger charge is 2.10. The van der Waals surface area contributed by atoms with E-state index >= 15 is 0 Å². The lowest BCUT2D eigenvalue weighted by molar-refractivity contribution is 0.325. The van der Waals surface area contributed by atoms with Gasteiger partial charge in [-0.2, -0.15) is 4.98 Å². The van der Waals surface area contributed by atoms with Gasteiger partial charge < -0.3 is 10.1 Å². The quantitative estimate of drug-likeness (QED) is 0.909. The van der Waals surface area contributed by atoms with Crippen molar-refractivity contribution >= 4 is 5.82 Å². The summed E-state index contributed by atoms with van der Waals surface area (Å²) in [6.07, 6.45) is 0. The van der Waals surface area contributed by atoms with Gasteiger partial charge in [-0.25, -0.2) is 9.37 Å². The van der Waals surface area contributed by atoms with Crippen molar-refractivity contribution in [1.82, 2.24) is 9.97 Å². The predicted octanol–water partition coefficient (Wildman–Crippen LogP) is 3.80. The smallest absolute Gasteiger partial charge is 0.218 e. The highest BCUT2D eigenvalue weighted by molar-refractivity contribution is 5.41. The van der Waals surface area contributed by atoms with Crippen LogP contribution in [0.1, 0.15) is 36.8 Å². The Morgan fingerprint density at radius 2 is 2.00 bits per heavy atom. The van der Waals surface area contributed by atoms with Crippen molar-refractivity contribution in [1.29, 1.82) is 0 Å². The van der Waals surface area contributed by atoms with Gasteiger partial charge in [0.25, 0.3) is 0 Å². The number of aryl methyl sites for hydroxylation is 2. The molecule has 0 saturated heterocycles. The summed E-state index contributed by atoms with van der Waals surface area (Å²) in [5.41, 5.74) is 1.51.